The molecule has 0 aliphatic rings. The first-order valence-electron chi connectivity index (χ1n) is 4.84. The zero-order valence-corrected chi connectivity index (χ0v) is 8.14. The van der Waals surface area contributed by atoms with Crippen molar-refractivity contribution >= 4 is 7.98 Å². The van der Waals surface area contributed by atoms with Crippen molar-refractivity contribution < 1.29 is 4.74 Å². The van der Waals surface area contributed by atoms with E-state index in [4.69, 9.17) is 10.5 Å². The van der Waals surface area contributed by atoms with Crippen molar-refractivity contribution in [2.45, 2.75) is 25.7 Å². The zero-order chi connectivity index (χ0) is 9.07. The van der Waals surface area contributed by atoms with Crippen molar-refractivity contribution in [3.63, 3.8) is 0 Å². The molecule has 3 N–H and O–H groups in total. The van der Waals surface area contributed by atoms with Gasteiger partial charge in [-0.2, -0.15) is 0 Å². The van der Waals surface area contributed by atoms with E-state index in [1.807, 2.05) is 7.98 Å². The first-order chi connectivity index (χ1) is 5.91. The average Bonchev–Trinajstić information content (AvgIpc) is 2.10. The Morgan fingerprint density at radius 3 is 2.33 bits per heavy atom. The Morgan fingerprint density at radius 2 is 1.75 bits per heavy atom. The highest BCUT2D eigenvalue weighted by Crippen LogP contribution is 1.91. The third-order valence-electron chi connectivity index (χ3n) is 1.71. The molecule has 0 radical (unpaired) electrons. The SMILES string of the molecule is BNCCCCOCCCCN. The molecule has 0 aliphatic carbocycles. The number of unbranched alkanes of at least 4 members (excludes halogenated alkanes) is 2. The lowest BCUT2D eigenvalue weighted by atomic mass is 10.3. The third-order valence-corrected chi connectivity index (χ3v) is 1.71. The van der Waals surface area contributed by atoms with E-state index in [-0.39, 0.29) is 0 Å². The highest BCUT2D eigenvalue weighted by atomic mass is 16.5. The molecule has 0 saturated heterocycles. The van der Waals surface area contributed by atoms with Crippen LogP contribution in [0.15, 0.2) is 0 Å². The van der Waals surface area contributed by atoms with Crippen LogP contribution >= 0.6 is 0 Å². The van der Waals surface area contributed by atoms with Gasteiger partial charge in [0.2, 0.25) is 0 Å². The number of nitrogens with one attached hydrogen (secondary N) is 1. The number of rotatable bonds is 9. The van der Waals surface area contributed by atoms with Crippen molar-refractivity contribution in [2.24, 2.45) is 5.73 Å². The molecule has 0 saturated carbocycles. The number of nitrogens with two attached hydrogens (primary N) is 1. The molecule has 72 valence electrons. The summed E-state index contributed by atoms with van der Waals surface area (Å²) in [5.41, 5.74) is 5.35. The second-order valence-corrected chi connectivity index (χ2v) is 2.92. The van der Waals surface area contributed by atoms with E-state index in [0.29, 0.717) is 0 Å². The van der Waals surface area contributed by atoms with Gasteiger partial charge in [-0.25, -0.2) is 0 Å². The second kappa shape index (κ2) is 10.9. The number of hydrogen-bond acceptors (Lipinski definition) is 3. The van der Waals surface area contributed by atoms with Crippen LogP contribution < -0.4 is 11.0 Å². The highest BCUT2D eigenvalue weighted by Gasteiger charge is 1.89. The number of hydrogen-bond donors (Lipinski definition) is 2. The Hall–Kier alpha value is -0.0551. The predicted molar refractivity (Wildman–Crippen MR) is 54.9 cm³/mol. The van der Waals surface area contributed by atoms with Crippen molar-refractivity contribution in [1.29, 1.82) is 0 Å². The predicted octanol–water partition coefficient (Wildman–Crippen LogP) is -0.340. The second-order valence-electron chi connectivity index (χ2n) is 2.92. The van der Waals surface area contributed by atoms with E-state index in [0.717, 1.165) is 45.6 Å². The van der Waals surface area contributed by atoms with Gasteiger partial charge in [0.1, 0.15) is 0 Å². The summed E-state index contributed by atoms with van der Waals surface area (Å²) < 4.78 is 5.40. The van der Waals surface area contributed by atoms with Crippen LogP contribution in [-0.4, -0.2) is 34.3 Å². The summed E-state index contributed by atoms with van der Waals surface area (Å²) in [6.45, 7) is 3.64. The average molecular weight is 172 g/mol. The molecule has 0 unspecified atom stereocenters. The van der Waals surface area contributed by atoms with Gasteiger partial charge in [-0.3, -0.25) is 0 Å². The minimum Gasteiger partial charge on any atom is -0.381 e. The van der Waals surface area contributed by atoms with Gasteiger partial charge >= 0.3 is 0 Å². The Labute approximate surface area is 76.5 Å². The summed E-state index contributed by atoms with van der Waals surface area (Å²) in [7, 11) is 1.97. The fourth-order valence-electron chi connectivity index (χ4n) is 0.956. The van der Waals surface area contributed by atoms with E-state index in [1.54, 1.807) is 0 Å². The van der Waals surface area contributed by atoms with Crippen LogP contribution in [0.3, 0.4) is 0 Å². The lowest BCUT2D eigenvalue weighted by molar-refractivity contribution is 0.127. The lowest BCUT2D eigenvalue weighted by Crippen LogP contribution is -2.10. The van der Waals surface area contributed by atoms with Gasteiger partial charge < -0.3 is 15.7 Å². The van der Waals surface area contributed by atoms with E-state index in [2.05, 4.69) is 5.23 Å². The van der Waals surface area contributed by atoms with Crippen LogP contribution in [0.5, 0.6) is 0 Å². The summed E-state index contributed by atoms with van der Waals surface area (Å²) in [6, 6.07) is 0. The van der Waals surface area contributed by atoms with Crippen LogP contribution in [0, 0.1) is 0 Å². The standard InChI is InChI=1S/C8H21BN2O/c9-11-6-2-4-8-12-7-3-1-5-10/h11H,1-10H2. The van der Waals surface area contributed by atoms with Crippen LogP contribution in [0.4, 0.5) is 0 Å². The minimum atomic E-state index is 0.781. The first kappa shape index (κ1) is 11.9. The maximum Gasteiger partial charge on any atom is 0.181 e. The first-order valence-corrected chi connectivity index (χ1v) is 4.84. The van der Waals surface area contributed by atoms with Crippen LogP contribution in [0.2, 0.25) is 0 Å². The fraction of sp³-hybridized carbons (Fsp3) is 1.00. The highest BCUT2D eigenvalue weighted by molar-refractivity contribution is 6.04. The van der Waals surface area contributed by atoms with E-state index in [1.165, 1.54) is 6.42 Å². The third kappa shape index (κ3) is 9.94. The Kier molecular flexibility index (Phi) is 10.9. The molecule has 0 spiro atoms. The molecule has 0 amide bonds. The lowest BCUT2D eigenvalue weighted by Gasteiger charge is -2.02. The van der Waals surface area contributed by atoms with Crippen LogP contribution in [-0.2, 0) is 4.74 Å². The molecule has 3 nitrogen and oxygen atoms in total. The molecule has 0 aliphatic heterocycles. The smallest absolute Gasteiger partial charge is 0.181 e. The largest absolute Gasteiger partial charge is 0.381 e. The molecule has 0 aromatic carbocycles. The molecule has 0 bridgehead atoms. The van der Waals surface area contributed by atoms with Gasteiger partial charge in [0.15, 0.2) is 7.98 Å². The summed E-state index contributed by atoms with van der Waals surface area (Å²) in [6.07, 6.45) is 4.54. The molecule has 0 fully saturated rings. The maximum absolute atomic E-state index is 5.40. The molecule has 0 rings (SSSR count). The summed E-state index contributed by atoms with van der Waals surface area (Å²) in [4.78, 5) is 0. The molecule has 4 heteroatoms. The van der Waals surface area contributed by atoms with Crippen molar-refractivity contribution in [3.05, 3.63) is 0 Å². The molecule has 0 heterocycles. The molecule has 0 aromatic heterocycles. The Morgan fingerprint density at radius 1 is 1.08 bits per heavy atom. The van der Waals surface area contributed by atoms with E-state index in [9.17, 15) is 0 Å². The minimum absolute atomic E-state index is 0.781. The maximum atomic E-state index is 5.40. The molecular weight excluding hydrogens is 151 g/mol. The summed E-state index contributed by atoms with van der Waals surface area (Å²) >= 11 is 0. The molecular formula is C8H21BN2O. The van der Waals surface area contributed by atoms with Crippen molar-refractivity contribution in [3.8, 4) is 0 Å². The van der Waals surface area contributed by atoms with Gasteiger partial charge in [-0.1, -0.05) is 0 Å². The van der Waals surface area contributed by atoms with Gasteiger partial charge in [0, 0.05) is 13.2 Å². The summed E-state index contributed by atoms with van der Waals surface area (Å²) in [5, 5.41) is 3.11. The Bertz CT molecular complexity index is 73.5. The van der Waals surface area contributed by atoms with E-state index < -0.39 is 0 Å². The van der Waals surface area contributed by atoms with E-state index >= 15 is 0 Å². The number of ether oxygens (including phenoxy) is 1. The van der Waals surface area contributed by atoms with Gasteiger partial charge in [0.25, 0.3) is 0 Å². The van der Waals surface area contributed by atoms with Crippen LogP contribution in [0.1, 0.15) is 25.7 Å². The quantitative estimate of drug-likeness (QED) is 0.369. The molecule has 0 aromatic rings. The van der Waals surface area contributed by atoms with Crippen molar-refractivity contribution in [2.75, 3.05) is 26.3 Å². The molecule has 0 atom stereocenters. The van der Waals surface area contributed by atoms with Gasteiger partial charge in [-0.15, -0.1) is 0 Å². The van der Waals surface area contributed by atoms with Gasteiger partial charge in [0.05, 0.1) is 0 Å². The van der Waals surface area contributed by atoms with Crippen LogP contribution in [0.25, 0.3) is 0 Å². The molecule has 12 heavy (non-hydrogen) atoms. The monoisotopic (exact) mass is 172 g/mol. The summed E-state index contributed by atoms with van der Waals surface area (Å²) in [5.74, 6) is 0. The van der Waals surface area contributed by atoms with Gasteiger partial charge in [-0.05, 0) is 38.8 Å². The zero-order valence-electron chi connectivity index (χ0n) is 8.14. The normalized spacial score (nSPS) is 10.4. The Balaban J connectivity index is 2.73. The topological polar surface area (TPSA) is 47.3 Å². The van der Waals surface area contributed by atoms with Crippen molar-refractivity contribution in [1.82, 2.24) is 5.23 Å². The fourth-order valence-corrected chi connectivity index (χ4v) is 0.956.